The largest absolute Gasteiger partial charge is 0.507 e. The number of nitrogens with zero attached hydrogens (tertiary/aromatic N) is 3. The van der Waals surface area contributed by atoms with E-state index in [4.69, 9.17) is 5.11 Å². The van der Waals surface area contributed by atoms with E-state index in [2.05, 4.69) is 26.7 Å². The van der Waals surface area contributed by atoms with Crippen LogP contribution in [-0.2, 0) is 0 Å². The molecule has 0 aliphatic heterocycles. The van der Waals surface area contributed by atoms with Crippen LogP contribution < -0.4 is 0 Å². The lowest BCUT2D eigenvalue weighted by Crippen LogP contribution is -1.80. The first-order valence-corrected chi connectivity index (χ1v) is 3.31. The number of aromatic hydroxyl groups is 1. The van der Waals surface area contributed by atoms with Crippen molar-refractivity contribution in [2.24, 2.45) is 0 Å². The highest BCUT2D eigenvalue weighted by molar-refractivity contribution is 5.54. The Morgan fingerprint density at radius 2 is 2.33 bits per heavy atom. The summed E-state index contributed by atoms with van der Waals surface area (Å²) in [5.41, 5.74) is 0.639. The zero-order chi connectivity index (χ0) is 8.39. The number of aromatic nitrogens is 4. The van der Waals surface area contributed by atoms with Crippen molar-refractivity contribution in [3.8, 4) is 17.1 Å². The lowest BCUT2D eigenvalue weighted by molar-refractivity contribution is 0.474. The third-order valence-electron chi connectivity index (χ3n) is 1.38. The maximum absolute atomic E-state index is 9.07. The van der Waals surface area contributed by atoms with E-state index >= 15 is 0 Å². The van der Waals surface area contributed by atoms with Crippen LogP contribution in [0.25, 0.3) is 11.4 Å². The molecule has 5 heteroatoms. The van der Waals surface area contributed by atoms with E-state index in [1.807, 2.05) is 0 Å². The molecule has 2 aromatic rings. The summed E-state index contributed by atoms with van der Waals surface area (Å²) in [6.45, 7) is 0. The minimum atomic E-state index is 0.0731. The smallest absolute Gasteiger partial charge is 0.180 e. The van der Waals surface area contributed by atoms with Gasteiger partial charge in [0.2, 0.25) is 0 Å². The quantitative estimate of drug-likeness (QED) is 0.633. The minimum absolute atomic E-state index is 0.0731. The Bertz CT molecular complexity index is 371. The number of H-pyrrole nitrogens is 1. The fraction of sp³-hybridized carbons (Fsp3) is 0. The van der Waals surface area contributed by atoms with E-state index in [1.54, 1.807) is 12.1 Å². The van der Waals surface area contributed by atoms with Gasteiger partial charge in [-0.25, -0.2) is 5.10 Å². The van der Waals surface area contributed by atoms with Crippen LogP contribution in [0, 0.1) is 6.07 Å². The minimum Gasteiger partial charge on any atom is -0.507 e. The molecule has 1 heterocycles. The van der Waals surface area contributed by atoms with E-state index in [-0.39, 0.29) is 5.75 Å². The average molecular weight is 161 g/mol. The molecule has 1 aromatic heterocycles. The number of tetrazole rings is 1. The molecule has 1 aromatic carbocycles. The monoisotopic (exact) mass is 161 g/mol. The number of benzene rings is 1. The van der Waals surface area contributed by atoms with Gasteiger partial charge in [-0.15, -0.1) is 5.10 Å². The van der Waals surface area contributed by atoms with Crippen molar-refractivity contribution in [1.82, 2.24) is 20.6 Å². The van der Waals surface area contributed by atoms with Crippen molar-refractivity contribution in [2.75, 3.05) is 0 Å². The molecule has 0 spiro atoms. The number of hydrogen-bond acceptors (Lipinski definition) is 4. The van der Waals surface area contributed by atoms with E-state index in [0.717, 1.165) is 0 Å². The van der Waals surface area contributed by atoms with Crippen LogP contribution in [0.5, 0.6) is 5.75 Å². The molecule has 0 amide bonds. The fourth-order valence-electron chi connectivity index (χ4n) is 0.868. The number of phenolic OH excluding ortho intramolecular Hbond substituents is 1. The van der Waals surface area contributed by atoms with Crippen LogP contribution in [0.4, 0.5) is 0 Å². The maximum atomic E-state index is 9.07. The molecule has 0 fully saturated rings. The van der Waals surface area contributed by atoms with Crippen LogP contribution in [0.2, 0.25) is 0 Å². The Hall–Kier alpha value is -1.91. The summed E-state index contributed by atoms with van der Waals surface area (Å²) >= 11 is 0. The van der Waals surface area contributed by atoms with E-state index in [9.17, 15) is 0 Å². The second-order valence-corrected chi connectivity index (χ2v) is 2.20. The Morgan fingerprint density at radius 3 is 3.00 bits per heavy atom. The van der Waals surface area contributed by atoms with Crippen molar-refractivity contribution >= 4 is 0 Å². The van der Waals surface area contributed by atoms with Crippen LogP contribution in [0.15, 0.2) is 18.2 Å². The van der Waals surface area contributed by atoms with E-state index < -0.39 is 0 Å². The number of phenols is 1. The first-order chi connectivity index (χ1) is 5.86. The zero-order valence-electron chi connectivity index (χ0n) is 6.02. The van der Waals surface area contributed by atoms with Gasteiger partial charge in [-0.05, 0) is 16.5 Å². The molecular weight excluding hydrogens is 156 g/mol. The average Bonchev–Trinajstić information content (AvgIpc) is 2.56. The van der Waals surface area contributed by atoms with Crippen molar-refractivity contribution in [3.05, 3.63) is 24.3 Å². The van der Waals surface area contributed by atoms with E-state index in [1.165, 1.54) is 6.07 Å². The van der Waals surface area contributed by atoms with Crippen molar-refractivity contribution < 1.29 is 5.11 Å². The Labute approximate surface area is 68.1 Å². The lowest BCUT2D eigenvalue weighted by Gasteiger charge is -1.93. The van der Waals surface area contributed by atoms with E-state index in [0.29, 0.717) is 11.4 Å². The van der Waals surface area contributed by atoms with Crippen LogP contribution in [-0.4, -0.2) is 25.7 Å². The third-order valence-corrected chi connectivity index (χ3v) is 1.38. The van der Waals surface area contributed by atoms with Crippen LogP contribution in [0.1, 0.15) is 0 Å². The highest BCUT2D eigenvalue weighted by Gasteiger charge is 2.01. The standard InChI is InChI=1S/C7H5N4O/c12-6-3-1-2-5(4-6)7-8-10-11-9-7/h1-3,12H,(H,8,9,10,11). The molecule has 0 saturated heterocycles. The summed E-state index contributed by atoms with van der Waals surface area (Å²) in [4.78, 5) is 0. The molecule has 1 radical (unpaired) electrons. The molecule has 12 heavy (non-hydrogen) atoms. The molecule has 0 atom stereocenters. The first kappa shape index (κ1) is 6.78. The van der Waals surface area contributed by atoms with Crippen LogP contribution in [0.3, 0.4) is 0 Å². The van der Waals surface area contributed by atoms with Crippen molar-refractivity contribution in [2.45, 2.75) is 0 Å². The van der Waals surface area contributed by atoms with Crippen molar-refractivity contribution in [3.63, 3.8) is 0 Å². The summed E-state index contributed by atoms with van der Waals surface area (Å²) in [6.07, 6.45) is 0. The van der Waals surface area contributed by atoms with Crippen molar-refractivity contribution in [1.29, 1.82) is 0 Å². The van der Waals surface area contributed by atoms with Gasteiger partial charge in [0.25, 0.3) is 0 Å². The first-order valence-electron chi connectivity index (χ1n) is 3.31. The van der Waals surface area contributed by atoms with Gasteiger partial charge in [0.15, 0.2) is 5.82 Å². The summed E-state index contributed by atoms with van der Waals surface area (Å²) in [7, 11) is 0. The lowest BCUT2D eigenvalue weighted by atomic mass is 10.2. The van der Waals surface area contributed by atoms with Gasteiger partial charge in [0.05, 0.1) is 0 Å². The molecule has 59 valence electrons. The van der Waals surface area contributed by atoms with Gasteiger partial charge in [0, 0.05) is 11.6 Å². The molecule has 2 N–H and O–H groups in total. The maximum Gasteiger partial charge on any atom is 0.180 e. The number of aromatic amines is 1. The molecule has 0 bridgehead atoms. The fourth-order valence-corrected chi connectivity index (χ4v) is 0.868. The van der Waals surface area contributed by atoms with Gasteiger partial charge in [-0.2, -0.15) is 0 Å². The molecule has 0 aliphatic carbocycles. The number of nitrogens with one attached hydrogen (secondary N) is 1. The Kier molecular flexibility index (Phi) is 1.48. The van der Waals surface area contributed by atoms with Gasteiger partial charge < -0.3 is 5.11 Å². The SMILES string of the molecule is Oc1[c]c(-c2nnn[nH]2)ccc1. The van der Waals surface area contributed by atoms with Crippen LogP contribution >= 0.6 is 0 Å². The van der Waals surface area contributed by atoms with Gasteiger partial charge in [-0.1, -0.05) is 12.1 Å². The zero-order valence-corrected chi connectivity index (χ0v) is 6.02. The van der Waals surface area contributed by atoms with Gasteiger partial charge in [-0.3, -0.25) is 0 Å². The third kappa shape index (κ3) is 1.12. The Morgan fingerprint density at radius 1 is 1.42 bits per heavy atom. The molecule has 0 unspecified atom stereocenters. The normalized spacial score (nSPS) is 10.0. The van der Waals surface area contributed by atoms with Gasteiger partial charge in [0.1, 0.15) is 5.75 Å². The summed E-state index contributed by atoms with van der Waals surface area (Å²) < 4.78 is 0. The summed E-state index contributed by atoms with van der Waals surface area (Å²) in [6, 6.07) is 7.68. The highest BCUT2D eigenvalue weighted by atomic mass is 16.3. The summed E-state index contributed by atoms with van der Waals surface area (Å²) in [5, 5.41) is 22.1. The van der Waals surface area contributed by atoms with Gasteiger partial charge >= 0.3 is 0 Å². The highest BCUT2D eigenvalue weighted by Crippen LogP contribution is 2.16. The Balaban J connectivity index is 2.48. The molecule has 0 saturated carbocycles. The predicted octanol–water partition coefficient (Wildman–Crippen LogP) is 0.372. The molecule has 0 aliphatic rings. The number of rotatable bonds is 1. The molecular formula is C7H5N4O. The predicted molar refractivity (Wildman–Crippen MR) is 40.1 cm³/mol. The second kappa shape index (κ2) is 2.61. The number of hydrogen-bond donors (Lipinski definition) is 2. The molecule has 2 rings (SSSR count). The topological polar surface area (TPSA) is 74.7 Å². The second-order valence-electron chi connectivity index (χ2n) is 2.20. The molecule has 5 nitrogen and oxygen atoms in total. The summed E-state index contributed by atoms with van der Waals surface area (Å²) in [5.74, 6) is 0.565.